The van der Waals surface area contributed by atoms with Crippen LogP contribution < -0.4 is 4.90 Å². The van der Waals surface area contributed by atoms with Gasteiger partial charge in [-0.2, -0.15) is 9.97 Å². The summed E-state index contributed by atoms with van der Waals surface area (Å²) in [6.45, 7) is 0. The van der Waals surface area contributed by atoms with E-state index in [1.54, 1.807) is 11.3 Å². The van der Waals surface area contributed by atoms with E-state index in [9.17, 15) is 0 Å². The zero-order valence-corrected chi connectivity index (χ0v) is 34.4. The number of anilines is 3. The zero-order chi connectivity index (χ0) is 38.6. The van der Waals surface area contributed by atoms with Crippen LogP contribution in [0, 0.1) is 0 Å². The second kappa shape index (κ2) is 13.0. The molecule has 8 aromatic carbocycles. The molecule has 0 atom stereocenters. The minimum atomic E-state index is 0.569. The first-order valence-electron chi connectivity index (χ1n) is 19.4. The van der Waals surface area contributed by atoms with Crippen LogP contribution in [0.3, 0.4) is 0 Å². The molecular weight excluding hydrogens is 797 g/mol. The Balaban J connectivity index is 1.13. The van der Waals surface area contributed by atoms with Gasteiger partial charge < -0.3 is 0 Å². The van der Waals surface area contributed by atoms with Crippen LogP contribution in [0.15, 0.2) is 170 Å². The fourth-order valence-electron chi connectivity index (χ4n) is 8.66. The number of benzene rings is 8. The zero-order valence-electron chi connectivity index (χ0n) is 31.1. The van der Waals surface area contributed by atoms with Crippen LogP contribution >= 0.6 is 45.3 Å². The molecule has 5 aromatic heterocycles. The molecule has 8 heteroatoms. The summed E-state index contributed by atoms with van der Waals surface area (Å²) in [7, 11) is 0. The molecule has 5 heterocycles. The summed E-state index contributed by atoms with van der Waals surface area (Å²) in [6.07, 6.45) is 0. The second-order valence-corrected chi connectivity index (χ2v) is 19.0. The Hall–Kier alpha value is -6.55. The van der Waals surface area contributed by atoms with Gasteiger partial charge in [-0.15, -0.1) is 45.3 Å². The molecular formula is C51H28N4S4. The maximum Gasteiger partial charge on any atom is 0.238 e. The largest absolute Gasteiger partial charge is 0.278 e. The summed E-state index contributed by atoms with van der Waals surface area (Å²) < 4.78 is 9.91. The number of thiophene rings is 4. The van der Waals surface area contributed by atoms with Gasteiger partial charge in [0.15, 0.2) is 11.6 Å². The lowest BCUT2D eigenvalue weighted by molar-refractivity contribution is 1.03. The first-order chi connectivity index (χ1) is 29.2. The SMILES string of the molecule is c1ccc2c(c1)sc1ccc(-c3nc(-c4cccc5c4sc4ccccc45)nc(N(c4ccc5sc6ccccc6c5c4)c4cccc5sc6ccccc6c45)n3)cc12. The Morgan fingerprint density at radius 1 is 0.356 bits per heavy atom. The Morgan fingerprint density at radius 3 is 1.63 bits per heavy atom. The highest BCUT2D eigenvalue weighted by Gasteiger charge is 2.25. The maximum atomic E-state index is 5.52. The average molecular weight is 825 g/mol. The van der Waals surface area contributed by atoms with E-state index in [2.05, 4.69) is 175 Å². The van der Waals surface area contributed by atoms with Crippen molar-refractivity contribution in [1.82, 2.24) is 15.0 Å². The molecule has 0 saturated heterocycles. The third-order valence-corrected chi connectivity index (χ3v) is 16.0. The first kappa shape index (κ1) is 33.4. The summed E-state index contributed by atoms with van der Waals surface area (Å²) in [4.78, 5) is 18.7. The quantitative estimate of drug-likeness (QED) is 0.173. The molecule has 13 aromatic rings. The van der Waals surface area contributed by atoms with Crippen molar-refractivity contribution in [3.05, 3.63) is 170 Å². The molecule has 0 fully saturated rings. The van der Waals surface area contributed by atoms with Crippen molar-refractivity contribution in [2.24, 2.45) is 0 Å². The standard InChI is InChI=1S/C51H28N4S4/c1-7-20-42-31(11-1)34-15-9-16-36(48(34)59-42)50-52-49(29-23-25-44-37(27-29)32-12-2-5-18-40(32)56-44)53-51(54-50)55(30-24-26-45-38(28-30)33-13-3-6-19-41(33)57-45)39-17-10-22-46-47(39)35-14-4-8-21-43(35)58-46/h1-28H. The summed E-state index contributed by atoms with van der Waals surface area (Å²) >= 11 is 7.26. The van der Waals surface area contributed by atoms with Crippen LogP contribution in [-0.2, 0) is 0 Å². The van der Waals surface area contributed by atoms with Gasteiger partial charge in [-0.1, -0.05) is 91.0 Å². The number of aromatic nitrogens is 3. The van der Waals surface area contributed by atoms with Crippen molar-refractivity contribution >= 4 is 143 Å². The van der Waals surface area contributed by atoms with Crippen molar-refractivity contribution < 1.29 is 0 Å². The van der Waals surface area contributed by atoms with Gasteiger partial charge in [-0.3, -0.25) is 4.90 Å². The van der Waals surface area contributed by atoms with Gasteiger partial charge in [0, 0.05) is 97.5 Å². The van der Waals surface area contributed by atoms with Crippen LogP contribution in [-0.4, -0.2) is 15.0 Å². The molecule has 0 unspecified atom stereocenters. The van der Waals surface area contributed by atoms with Crippen molar-refractivity contribution in [3.8, 4) is 22.8 Å². The minimum absolute atomic E-state index is 0.569. The molecule has 0 aliphatic carbocycles. The molecule has 0 aliphatic rings. The van der Waals surface area contributed by atoms with Crippen LogP contribution in [0.25, 0.3) is 103 Å². The molecule has 0 bridgehead atoms. The van der Waals surface area contributed by atoms with Gasteiger partial charge in [-0.05, 0) is 78.9 Å². The van der Waals surface area contributed by atoms with Crippen LogP contribution in [0.5, 0.6) is 0 Å². The van der Waals surface area contributed by atoms with Gasteiger partial charge in [0.05, 0.1) is 5.69 Å². The molecule has 0 amide bonds. The highest BCUT2D eigenvalue weighted by Crippen LogP contribution is 2.47. The number of rotatable bonds is 5. The van der Waals surface area contributed by atoms with Crippen molar-refractivity contribution in [2.75, 3.05) is 4.90 Å². The lowest BCUT2D eigenvalue weighted by atomic mass is 10.1. The summed E-state index contributed by atoms with van der Waals surface area (Å²) in [5.74, 6) is 1.85. The van der Waals surface area contributed by atoms with Crippen molar-refractivity contribution in [1.29, 1.82) is 0 Å². The van der Waals surface area contributed by atoms with Crippen LogP contribution in [0.2, 0.25) is 0 Å². The smallest absolute Gasteiger partial charge is 0.238 e. The molecule has 4 nitrogen and oxygen atoms in total. The van der Waals surface area contributed by atoms with Crippen LogP contribution in [0.1, 0.15) is 0 Å². The summed E-state index contributed by atoms with van der Waals surface area (Å²) in [5, 5.41) is 9.77. The Morgan fingerprint density at radius 2 is 0.881 bits per heavy atom. The van der Waals surface area contributed by atoms with Gasteiger partial charge >= 0.3 is 0 Å². The van der Waals surface area contributed by atoms with E-state index in [1.807, 2.05) is 34.0 Å². The molecule has 0 saturated carbocycles. The van der Waals surface area contributed by atoms with E-state index in [4.69, 9.17) is 15.0 Å². The highest BCUT2D eigenvalue weighted by molar-refractivity contribution is 7.27. The topological polar surface area (TPSA) is 41.9 Å². The minimum Gasteiger partial charge on any atom is -0.278 e. The summed E-state index contributed by atoms with van der Waals surface area (Å²) in [6, 6.07) is 61.2. The van der Waals surface area contributed by atoms with Crippen molar-refractivity contribution in [3.63, 3.8) is 0 Å². The fraction of sp³-hybridized carbons (Fsp3) is 0. The van der Waals surface area contributed by atoms with E-state index in [-0.39, 0.29) is 0 Å². The highest BCUT2D eigenvalue weighted by atomic mass is 32.1. The van der Waals surface area contributed by atoms with E-state index >= 15 is 0 Å². The lowest BCUT2D eigenvalue weighted by Gasteiger charge is -2.25. The molecule has 0 N–H and O–H groups in total. The Kier molecular flexibility index (Phi) is 7.35. The van der Waals surface area contributed by atoms with E-state index in [0.29, 0.717) is 17.6 Å². The van der Waals surface area contributed by atoms with Gasteiger partial charge in [0.25, 0.3) is 0 Å². The lowest BCUT2D eigenvalue weighted by Crippen LogP contribution is -2.15. The molecule has 0 spiro atoms. The van der Waals surface area contributed by atoms with Gasteiger partial charge in [-0.25, -0.2) is 4.98 Å². The first-order valence-corrected chi connectivity index (χ1v) is 22.7. The monoisotopic (exact) mass is 824 g/mol. The van der Waals surface area contributed by atoms with E-state index in [0.717, 1.165) is 22.5 Å². The Labute approximate surface area is 353 Å². The Bertz CT molecular complexity index is 3830. The maximum absolute atomic E-state index is 5.52. The van der Waals surface area contributed by atoms with Crippen molar-refractivity contribution in [2.45, 2.75) is 0 Å². The molecule has 13 rings (SSSR count). The number of hydrogen-bond acceptors (Lipinski definition) is 8. The predicted octanol–water partition coefficient (Wildman–Crippen LogP) is 16.1. The fourth-order valence-corrected chi connectivity index (χ4v) is 13.2. The molecule has 276 valence electrons. The normalized spacial score (nSPS) is 12.1. The van der Waals surface area contributed by atoms with Gasteiger partial charge in [0.1, 0.15) is 0 Å². The van der Waals surface area contributed by atoms with Crippen LogP contribution in [0.4, 0.5) is 17.3 Å². The third kappa shape index (κ3) is 5.21. The molecule has 0 radical (unpaired) electrons. The van der Waals surface area contributed by atoms with Gasteiger partial charge in [0.2, 0.25) is 5.95 Å². The average Bonchev–Trinajstić information content (AvgIpc) is 4.06. The number of fused-ring (bicyclic) bond motifs is 12. The van der Waals surface area contributed by atoms with E-state index < -0.39 is 0 Å². The number of nitrogens with zero attached hydrogens (tertiary/aromatic N) is 4. The molecule has 0 aliphatic heterocycles. The second-order valence-electron chi connectivity index (χ2n) is 14.7. The number of hydrogen-bond donors (Lipinski definition) is 0. The van der Waals surface area contributed by atoms with E-state index in [1.165, 1.54) is 80.7 Å². The third-order valence-electron chi connectivity index (χ3n) is 11.3. The molecule has 59 heavy (non-hydrogen) atoms. The summed E-state index contributed by atoms with van der Waals surface area (Å²) in [5.41, 5.74) is 3.97. The predicted molar refractivity (Wildman–Crippen MR) is 257 cm³/mol.